The third kappa shape index (κ3) is 3.95. The smallest absolute Gasteiger partial charge is 0.278 e. The van der Waals surface area contributed by atoms with Gasteiger partial charge in [0.25, 0.3) is 17.7 Å². The molecule has 28 heavy (non-hydrogen) atoms. The molecule has 0 spiro atoms. The Morgan fingerprint density at radius 3 is 2.64 bits per heavy atom. The van der Waals surface area contributed by atoms with E-state index in [0.29, 0.717) is 30.4 Å². The number of likely N-dealkylation sites (tertiary alicyclic amines) is 1. The van der Waals surface area contributed by atoms with Crippen molar-refractivity contribution in [2.75, 3.05) is 20.2 Å². The second kappa shape index (κ2) is 8.08. The maximum Gasteiger partial charge on any atom is 0.278 e. The fourth-order valence-electron chi connectivity index (χ4n) is 3.23. The van der Waals surface area contributed by atoms with Crippen LogP contribution in [0.1, 0.15) is 22.3 Å². The first-order valence-corrected chi connectivity index (χ1v) is 9.08. The molecule has 0 unspecified atom stereocenters. The van der Waals surface area contributed by atoms with Crippen LogP contribution in [-0.2, 0) is 6.54 Å². The van der Waals surface area contributed by atoms with Crippen LogP contribution in [0, 0.1) is 0 Å². The van der Waals surface area contributed by atoms with Crippen molar-refractivity contribution in [3.63, 3.8) is 0 Å². The van der Waals surface area contributed by atoms with E-state index >= 15 is 0 Å². The Bertz CT molecular complexity index is 927. The first kappa shape index (κ1) is 18.0. The Morgan fingerprint density at radius 1 is 1.14 bits per heavy atom. The van der Waals surface area contributed by atoms with E-state index in [0.717, 1.165) is 18.5 Å². The monoisotopic (exact) mass is 379 g/mol. The van der Waals surface area contributed by atoms with Gasteiger partial charge in [0.05, 0.1) is 20.0 Å². The van der Waals surface area contributed by atoms with Crippen molar-refractivity contribution < 1.29 is 14.3 Å². The van der Waals surface area contributed by atoms with Gasteiger partial charge < -0.3 is 18.9 Å². The standard InChI is InChI=1S/C20H21N5O3/c1-27-18-19(23-8-7-22-18)28-17-6-10-25(13-17)20(26)16-4-2-15(3-5-16)12-24-11-9-21-14-24/h2-5,7-9,11,14,17H,6,10,12-13H2,1H3/t17-/m1/s1. The Kier molecular flexibility index (Phi) is 5.18. The molecule has 8 nitrogen and oxygen atoms in total. The number of nitrogens with zero attached hydrogens (tertiary/aromatic N) is 5. The maximum absolute atomic E-state index is 12.8. The van der Waals surface area contributed by atoms with Crippen LogP contribution in [-0.4, -0.2) is 56.6 Å². The lowest BCUT2D eigenvalue weighted by molar-refractivity contribution is 0.0770. The molecule has 0 aliphatic carbocycles. The summed E-state index contributed by atoms with van der Waals surface area (Å²) in [6, 6.07) is 7.69. The van der Waals surface area contributed by atoms with Crippen molar-refractivity contribution in [1.82, 2.24) is 24.4 Å². The van der Waals surface area contributed by atoms with Crippen molar-refractivity contribution in [3.05, 3.63) is 66.5 Å². The molecule has 1 aliphatic rings. The molecule has 144 valence electrons. The van der Waals surface area contributed by atoms with E-state index in [1.807, 2.05) is 35.0 Å². The number of benzene rings is 1. The highest BCUT2D eigenvalue weighted by Gasteiger charge is 2.29. The number of amides is 1. The number of hydrogen-bond donors (Lipinski definition) is 0. The van der Waals surface area contributed by atoms with Crippen LogP contribution in [0.3, 0.4) is 0 Å². The molecule has 0 N–H and O–H groups in total. The number of hydrogen-bond acceptors (Lipinski definition) is 6. The van der Waals surface area contributed by atoms with Gasteiger partial charge in [-0.1, -0.05) is 12.1 Å². The molecule has 4 rings (SSSR count). The minimum Gasteiger partial charge on any atom is -0.477 e. The molecule has 0 radical (unpaired) electrons. The quantitative estimate of drug-likeness (QED) is 0.652. The summed E-state index contributed by atoms with van der Waals surface area (Å²) in [5.41, 5.74) is 1.79. The van der Waals surface area contributed by atoms with Gasteiger partial charge >= 0.3 is 0 Å². The van der Waals surface area contributed by atoms with Crippen LogP contribution in [0.4, 0.5) is 0 Å². The van der Waals surface area contributed by atoms with Crippen LogP contribution in [0.25, 0.3) is 0 Å². The molecule has 0 bridgehead atoms. The zero-order chi connectivity index (χ0) is 19.3. The normalized spacial score (nSPS) is 16.2. The average molecular weight is 379 g/mol. The van der Waals surface area contributed by atoms with Crippen LogP contribution in [0.2, 0.25) is 0 Å². The zero-order valence-electron chi connectivity index (χ0n) is 15.6. The van der Waals surface area contributed by atoms with E-state index in [2.05, 4.69) is 15.0 Å². The lowest BCUT2D eigenvalue weighted by Crippen LogP contribution is -2.31. The van der Waals surface area contributed by atoms with Crippen LogP contribution in [0.5, 0.6) is 11.8 Å². The van der Waals surface area contributed by atoms with Gasteiger partial charge in [0.2, 0.25) is 0 Å². The molecule has 8 heteroatoms. The number of ether oxygens (including phenoxy) is 2. The summed E-state index contributed by atoms with van der Waals surface area (Å²) < 4.78 is 13.0. The highest BCUT2D eigenvalue weighted by atomic mass is 16.5. The minimum absolute atomic E-state index is 0.00592. The summed E-state index contributed by atoms with van der Waals surface area (Å²) in [6.07, 6.45) is 9.15. The van der Waals surface area contributed by atoms with Gasteiger partial charge in [0, 0.05) is 49.9 Å². The van der Waals surface area contributed by atoms with Gasteiger partial charge in [-0.25, -0.2) is 15.0 Å². The number of carbonyl (C=O) groups excluding carboxylic acids is 1. The van der Waals surface area contributed by atoms with Crippen molar-refractivity contribution in [1.29, 1.82) is 0 Å². The molecule has 1 saturated heterocycles. The Labute approximate surface area is 162 Å². The van der Waals surface area contributed by atoms with Gasteiger partial charge in [0.1, 0.15) is 6.10 Å². The van der Waals surface area contributed by atoms with Gasteiger partial charge in [-0.3, -0.25) is 4.79 Å². The summed E-state index contributed by atoms with van der Waals surface area (Å²) >= 11 is 0. The summed E-state index contributed by atoms with van der Waals surface area (Å²) in [5, 5.41) is 0. The van der Waals surface area contributed by atoms with Crippen LogP contribution >= 0.6 is 0 Å². The second-order valence-electron chi connectivity index (χ2n) is 6.58. The minimum atomic E-state index is -0.130. The molecular weight excluding hydrogens is 358 g/mol. The zero-order valence-corrected chi connectivity index (χ0v) is 15.6. The first-order valence-electron chi connectivity index (χ1n) is 9.08. The summed E-state index contributed by atoms with van der Waals surface area (Å²) in [5.74, 6) is 0.709. The van der Waals surface area contributed by atoms with E-state index in [1.54, 1.807) is 29.8 Å². The fraction of sp³-hybridized carbons (Fsp3) is 0.300. The van der Waals surface area contributed by atoms with E-state index in [4.69, 9.17) is 9.47 Å². The molecule has 1 aromatic carbocycles. The highest BCUT2D eigenvalue weighted by Crippen LogP contribution is 2.24. The van der Waals surface area contributed by atoms with Crippen molar-refractivity contribution >= 4 is 5.91 Å². The SMILES string of the molecule is COc1nccnc1O[C@@H]1CCN(C(=O)c2ccc(Cn3ccnc3)cc2)C1. The van der Waals surface area contributed by atoms with E-state index in [-0.39, 0.29) is 12.0 Å². The fourth-order valence-corrected chi connectivity index (χ4v) is 3.23. The predicted molar refractivity (Wildman–Crippen MR) is 101 cm³/mol. The van der Waals surface area contributed by atoms with Crippen molar-refractivity contribution in [2.45, 2.75) is 19.1 Å². The third-order valence-electron chi connectivity index (χ3n) is 4.66. The Hall–Kier alpha value is -3.42. The largest absolute Gasteiger partial charge is 0.477 e. The van der Waals surface area contributed by atoms with Crippen LogP contribution < -0.4 is 9.47 Å². The Morgan fingerprint density at radius 2 is 1.93 bits per heavy atom. The average Bonchev–Trinajstić information content (AvgIpc) is 3.41. The number of methoxy groups -OCH3 is 1. The highest BCUT2D eigenvalue weighted by molar-refractivity contribution is 5.94. The molecule has 0 saturated carbocycles. The van der Waals surface area contributed by atoms with Gasteiger partial charge in [-0.2, -0.15) is 0 Å². The number of imidazole rings is 1. The van der Waals surface area contributed by atoms with Gasteiger partial charge in [0.15, 0.2) is 0 Å². The van der Waals surface area contributed by atoms with Crippen LogP contribution in [0.15, 0.2) is 55.4 Å². The molecule has 1 amide bonds. The van der Waals surface area contributed by atoms with E-state index in [9.17, 15) is 4.79 Å². The molecular formula is C20H21N5O3. The molecule has 1 fully saturated rings. The van der Waals surface area contributed by atoms with Gasteiger partial charge in [-0.05, 0) is 17.7 Å². The lowest BCUT2D eigenvalue weighted by atomic mass is 10.1. The summed E-state index contributed by atoms with van der Waals surface area (Å²) in [6.45, 7) is 1.88. The molecule has 2 aromatic heterocycles. The molecule has 3 aromatic rings. The second-order valence-corrected chi connectivity index (χ2v) is 6.58. The third-order valence-corrected chi connectivity index (χ3v) is 4.66. The molecule has 3 heterocycles. The topological polar surface area (TPSA) is 82.4 Å². The van der Waals surface area contributed by atoms with E-state index in [1.165, 1.54) is 7.11 Å². The number of rotatable bonds is 6. The van der Waals surface area contributed by atoms with Crippen molar-refractivity contribution in [2.24, 2.45) is 0 Å². The number of aromatic nitrogens is 4. The lowest BCUT2D eigenvalue weighted by Gasteiger charge is -2.17. The summed E-state index contributed by atoms with van der Waals surface area (Å²) in [4.78, 5) is 26.9. The molecule has 1 aliphatic heterocycles. The summed E-state index contributed by atoms with van der Waals surface area (Å²) in [7, 11) is 1.53. The van der Waals surface area contributed by atoms with E-state index < -0.39 is 0 Å². The van der Waals surface area contributed by atoms with Crippen molar-refractivity contribution in [3.8, 4) is 11.8 Å². The number of carbonyl (C=O) groups is 1. The Balaban J connectivity index is 1.36. The van der Waals surface area contributed by atoms with Gasteiger partial charge in [-0.15, -0.1) is 0 Å². The molecule has 1 atom stereocenters. The maximum atomic E-state index is 12.8. The first-order chi connectivity index (χ1) is 13.7. The predicted octanol–water partition coefficient (Wildman–Crippen LogP) is 2.02.